The monoisotopic (exact) mass is 501 g/mol. The molecule has 4 rings (SSSR count). The average molecular weight is 502 g/mol. The van der Waals surface area contributed by atoms with Gasteiger partial charge in [-0.05, 0) is 49.6 Å². The number of aryl methyl sites for hydroxylation is 1. The third kappa shape index (κ3) is 7.32. The van der Waals surface area contributed by atoms with Crippen molar-refractivity contribution in [2.45, 2.75) is 58.2 Å². The number of hydrogen-bond acceptors (Lipinski definition) is 3. The molecule has 1 heterocycles. The van der Waals surface area contributed by atoms with E-state index in [1.165, 1.54) is 12.0 Å². The van der Waals surface area contributed by atoms with Crippen LogP contribution in [0.1, 0.15) is 59.3 Å². The molecule has 3 aromatic rings. The van der Waals surface area contributed by atoms with Crippen LogP contribution < -0.4 is 0 Å². The Balaban J connectivity index is 1.54. The fraction of sp³-hybridized carbons (Fsp3) is 0.419. The van der Waals surface area contributed by atoms with Crippen LogP contribution in [0.15, 0.2) is 72.9 Å². The van der Waals surface area contributed by atoms with E-state index in [-0.39, 0.29) is 24.4 Å². The Kier molecular flexibility index (Phi) is 9.55. The van der Waals surface area contributed by atoms with Crippen molar-refractivity contribution in [1.82, 2.24) is 14.4 Å². The Bertz CT molecular complexity index is 1130. The Morgan fingerprint density at radius 3 is 2.38 bits per heavy atom. The van der Waals surface area contributed by atoms with Crippen molar-refractivity contribution in [2.75, 3.05) is 26.8 Å². The molecular weight excluding hydrogens is 462 g/mol. The van der Waals surface area contributed by atoms with Crippen molar-refractivity contribution < 1.29 is 14.3 Å². The number of nitrogens with zero attached hydrogens (tertiary/aromatic N) is 3. The number of carbonyl (C=O) groups is 2. The predicted molar refractivity (Wildman–Crippen MR) is 146 cm³/mol. The highest BCUT2D eigenvalue weighted by Crippen LogP contribution is 2.25. The molecule has 0 saturated heterocycles. The van der Waals surface area contributed by atoms with Crippen LogP contribution in [0.25, 0.3) is 0 Å². The number of rotatable bonds is 11. The highest BCUT2D eigenvalue weighted by molar-refractivity contribution is 5.96. The summed E-state index contributed by atoms with van der Waals surface area (Å²) in [5.74, 6) is -0.141. The van der Waals surface area contributed by atoms with Gasteiger partial charge in [0.15, 0.2) is 0 Å². The van der Waals surface area contributed by atoms with Crippen LogP contribution in [0, 0.1) is 6.92 Å². The highest BCUT2D eigenvalue weighted by atomic mass is 16.5. The average Bonchev–Trinajstić information content (AvgIpc) is 3.37. The molecule has 0 N–H and O–H groups in total. The van der Waals surface area contributed by atoms with Crippen molar-refractivity contribution in [3.8, 4) is 0 Å². The Hall–Kier alpha value is -3.38. The lowest BCUT2D eigenvalue weighted by Crippen LogP contribution is -2.48. The second-order valence-corrected chi connectivity index (χ2v) is 10.0. The first-order valence-electron chi connectivity index (χ1n) is 13.4. The summed E-state index contributed by atoms with van der Waals surface area (Å²) in [6.07, 6.45) is 7.58. The number of hydrogen-bond donors (Lipinski definition) is 0. The van der Waals surface area contributed by atoms with Gasteiger partial charge in [-0.25, -0.2) is 0 Å². The van der Waals surface area contributed by atoms with Crippen LogP contribution in [0.2, 0.25) is 0 Å². The molecule has 1 fully saturated rings. The molecule has 1 aliphatic carbocycles. The number of amides is 2. The summed E-state index contributed by atoms with van der Waals surface area (Å²) in [7, 11) is 1.62. The molecule has 0 aliphatic heterocycles. The first-order valence-corrected chi connectivity index (χ1v) is 13.4. The van der Waals surface area contributed by atoms with Gasteiger partial charge in [-0.2, -0.15) is 0 Å². The van der Waals surface area contributed by atoms with Crippen molar-refractivity contribution >= 4 is 11.8 Å². The lowest BCUT2D eigenvalue weighted by molar-refractivity contribution is -0.135. The van der Waals surface area contributed by atoms with Crippen molar-refractivity contribution in [1.29, 1.82) is 0 Å². The maximum atomic E-state index is 13.9. The van der Waals surface area contributed by atoms with Gasteiger partial charge in [0, 0.05) is 43.7 Å². The maximum absolute atomic E-state index is 13.9. The molecule has 196 valence electrons. The third-order valence-corrected chi connectivity index (χ3v) is 7.26. The molecule has 0 radical (unpaired) electrons. The zero-order valence-corrected chi connectivity index (χ0v) is 22.1. The number of methoxy groups -OCH3 is 1. The van der Waals surface area contributed by atoms with Gasteiger partial charge in [-0.15, -0.1) is 0 Å². The molecule has 6 nitrogen and oxygen atoms in total. The van der Waals surface area contributed by atoms with Crippen LogP contribution in [-0.4, -0.2) is 59.0 Å². The van der Waals surface area contributed by atoms with E-state index in [1.807, 2.05) is 48.2 Å². The second kappa shape index (κ2) is 13.2. The molecular formula is C31H39N3O3. The molecule has 1 aliphatic rings. The summed E-state index contributed by atoms with van der Waals surface area (Å²) in [5, 5.41) is 0. The second-order valence-electron chi connectivity index (χ2n) is 10.0. The molecule has 1 aromatic heterocycles. The lowest BCUT2D eigenvalue weighted by atomic mass is 9.94. The van der Waals surface area contributed by atoms with Crippen molar-refractivity contribution in [2.24, 2.45) is 0 Å². The summed E-state index contributed by atoms with van der Waals surface area (Å²) in [6, 6.07) is 22.2. The van der Waals surface area contributed by atoms with E-state index in [0.717, 1.165) is 43.5 Å². The van der Waals surface area contributed by atoms with Crippen LogP contribution in [0.4, 0.5) is 0 Å². The van der Waals surface area contributed by atoms with E-state index in [0.29, 0.717) is 25.3 Å². The van der Waals surface area contributed by atoms with Gasteiger partial charge in [0.2, 0.25) is 5.91 Å². The van der Waals surface area contributed by atoms with Gasteiger partial charge in [-0.1, -0.05) is 67.3 Å². The minimum Gasteiger partial charge on any atom is -0.383 e. The zero-order chi connectivity index (χ0) is 26.0. The van der Waals surface area contributed by atoms with Gasteiger partial charge in [0.05, 0.1) is 13.2 Å². The van der Waals surface area contributed by atoms with Gasteiger partial charge >= 0.3 is 0 Å². The topological polar surface area (TPSA) is 54.8 Å². The first-order chi connectivity index (χ1) is 18.0. The maximum Gasteiger partial charge on any atom is 0.254 e. The summed E-state index contributed by atoms with van der Waals surface area (Å²) in [5.41, 5.74) is 4.02. The Labute approximate surface area is 220 Å². The van der Waals surface area contributed by atoms with Crippen molar-refractivity contribution in [3.05, 3.63) is 95.3 Å². The summed E-state index contributed by atoms with van der Waals surface area (Å²) in [6.45, 7) is 4.11. The minimum absolute atomic E-state index is 0.00377. The van der Waals surface area contributed by atoms with E-state index < -0.39 is 0 Å². The van der Waals surface area contributed by atoms with E-state index >= 15 is 0 Å². The molecule has 1 saturated carbocycles. The standard InChI is InChI=1S/C31H39N3O3/c1-25-15-17-27(18-16-25)31(36)33(20-21-37-2)24-30(35)34(28-12-7-4-8-13-28)23-29-14-9-19-32(29)22-26-10-5-3-6-11-26/h3,5-6,9-11,14-19,28H,4,7-8,12-13,20-24H2,1-2H3. The summed E-state index contributed by atoms with van der Waals surface area (Å²) in [4.78, 5) is 30.9. The van der Waals surface area contributed by atoms with Crippen LogP contribution in [0.3, 0.4) is 0 Å². The molecule has 6 heteroatoms. The molecule has 0 unspecified atom stereocenters. The van der Waals surface area contributed by atoms with Crippen LogP contribution in [-0.2, 0) is 22.6 Å². The fourth-order valence-electron chi connectivity index (χ4n) is 5.10. The number of benzene rings is 2. The molecule has 37 heavy (non-hydrogen) atoms. The van der Waals surface area contributed by atoms with Gasteiger partial charge in [0.1, 0.15) is 6.54 Å². The van der Waals surface area contributed by atoms with E-state index in [9.17, 15) is 9.59 Å². The van der Waals surface area contributed by atoms with E-state index in [1.54, 1.807) is 12.0 Å². The smallest absolute Gasteiger partial charge is 0.254 e. The quantitative estimate of drug-likeness (QED) is 0.359. The largest absolute Gasteiger partial charge is 0.383 e. The highest BCUT2D eigenvalue weighted by Gasteiger charge is 2.29. The van der Waals surface area contributed by atoms with Crippen LogP contribution >= 0.6 is 0 Å². The van der Waals surface area contributed by atoms with Gasteiger partial charge in [-0.3, -0.25) is 9.59 Å². The molecule has 2 aromatic carbocycles. The summed E-state index contributed by atoms with van der Waals surface area (Å²) >= 11 is 0. The molecule has 0 bridgehead atoms. The first kappa shape index (κ1) is 26.7. The SMILES string of the molecule is COCCN(CC(=O)N(Cc1cccn1Cc1ccccc1)C1CCCCC1)C(=O)c1ccc(C)cc1. The van der Waals surface area contributed by atoms with Gasteiger partial charge < -0.3 is 19.1 Å². The van der Waals surface area contributed by atoms with Crippen molar-refractivity contribution in [3.63, 3.8) is 0 Å². The number of carbonyl (C=O) groups excluding carboxylic acids is 2. The number of aromatic nitrogens is 1. The number of ether oxygens (including phenoxy) is 1. The minimum atomic E-state index is -0.138. The van der Waals surface area contributed by atoms with Crippen LogP contribution in [0.5, 0.6) is 0 Å². The zero-order valence-electron chi connectivity index (χ0n) is 22.1. The molecule has 2 amide bonds. The van der Waals surface area contributed by atoms with E-state index in [4.69, 9.17) is 4.74 Å². The third-order valence-electron chi connectivity index (χ3n) is 7.26. The van der Waals surface area contributed by atoms with Gasteiger partial charge in [0.25, 0.3) is 5.91 Å². The van der Waals surface area contributed by atoms with E-state index in [2.05, 4.69) is 41.1 Å². The normalized spacial score (nSPS) is 13.9. The summed E-state index contributed by atoms with van der Waals surface area (Å²) < 4.78 is 7.49. The predicted octanol–water partition coefficient (Wildman–Crippen LogP) is 5.29. The molecule has 0 spiro atoms. The fourth-order valence-corrected chi connectivity index (χ4v) is 5.10. The Morgan fingerprint density at radius 1 is 0.946 bits per heavy atom. The lowest BCUT2D eigenvalue weighted by Gasteiger charge is -2.36. The Morgan fingerprint density at radius 2 is 1.68 bits per heavy atom. The molecule has 0 atom stereocenters.